The van der Waals surface area contributed by atoms with E-state index in [9.17, 15) is 9.18 Å². The van der Waals surface area contributed by atoms with Crippen LogP contribution in [0, 0.1) is 0 Å². The number of pyridine rings is 1. The Kier molecular flexibility index (Phi) is 9.98. The second-order valence-electron chi connectivity index (χ2n) is 5.87. The minimum absolute atomic E-state index is 0.0377. The summed E-state index contributed by atoms with van der Waals surface area (Å²) >= 11 is 0. The number of hydrogen-bond acceptors (Lipinski definition) is 7. The average molecular weight is 427 g/mol. The number of nitrogens with one attached hydrogen (secondary N) is 1. The third-order valence-corrected chi connectivity index (χ3v) is 3.97. The van der Waals surface area contributed by atoms with Gasteiger partial charge in [-0.05, 0) is 42.9 Å². The standard InChI is InChI=1S/C22H26FN5O3/c1-6-15(8-10-19(25)30-4)21(28-31-5)16-9-11-20(26-13-16)27-22(29)17(12-24)14(3)18(23)7-2/h6-13H,1-2,24-25H2,3-5H3,(H,26,27,29)/b15-8+,17-12+,18-14+,19-10+,28-21-. The predicted octanol–water partition coefficient (Wildman–Crippen LogP) is 3.20. The topological polar surface area (TPSA) is 125 Å². The van der Waals surface area contributed by atoms with Gasteiger partial charge in [0.05, 0.1) is 12.7 Å². The van der Waals surface area contributed by atoms with Gasteiger partial charge in [-0.3, -0.25) is 4.79 Å². The molecule has 0 radical (unpaired) electrons. The Morgan fingerprint density at radius 3 is 2.45 bits per heavy atom. The molecular formula is C22H26FN5O3. The molecule has 1 rings (SSSR count). The van der Waals surface area contributed by atoms with Crippen molar-refractivity contribution in [2.75, 3.05) is 19.5 Å². The Bertz CT molecular complexity index is 973. The number of halogens is 1. The van der Waals surface area contributed by atoms with Gasteiger partial charge < -0.3 is 26.4 Å². The molecule has 0 unspecified atom stereocenters. The van der Waals surface area contributed by atoms with Crippen LogP contribution in [0.15, 0.2) is 95.6 Å². The molecule has 0 fully saturated rings. The minimum Gasteiger partial charge on any atom is -0.483 e. The van der Waals surface area contributed by atoms with Crippen LogP contribution in [0.3, 0.4) is 0 Å². The zero-order chi connectivity index (χ0) is 23.4. The number of ether oxygens (including phenoxy) is 1. The maximum Gasteiger partial charge on any atom is 0.258 e. The Morgan fingerprint density at radius 1 is 1.26 bits per heavy atom. The van der Waals surface area contributed by atoms with Crippen LogP contribution in [-0.4, -0.2) is 30.8 Å². The molecule has 0 atom stereocenters. The number of nitrogens with zero attached hydrogens (tertiary/aromatic N) is 2. The number of amides is 1. The summed E-state index contributed by atoms with van der Waals surface area (Å²) in [5.74, 6) is -0.838. The fraction of sp³-hybridized carbons (Fsp3) is 0.136. The van der Waals surface area contributed by atoms with Gasteiger partial charge in [0.15, 0.2) is 5.88 Å². The second-order valence-corrected chi connectivity index (χ2v) is 5.87. The van der Waals surface area contributed by atoms with Crippen LogP contribution in [0.25, 0.3) is 0 Å². The summed E-state index contributed by atoms with van der Waals surface area (Å²) in [5, 5.41) is 6.57. The van der Waals surface area contributed by atoms with E-state index in [0.717, 1.165) is 12.3 Å². The van der Waals surface area contributed by atoms with Gasteiger partial charge in [-0.15, -0.1) is 0 Å². The molecule has 1 amide bonds. The van der Waals surface area contributed by atoms with E-state index in [1.165, 1.54) is 27.3 Å². The van der Waals surface area contributed by atoms with E-state index in [1.807, 2.05) is 0 Å². The molecule has 0 saturated heterocycles. The molecule has 0 aromatic carbocycles. The van der Waals surface area contributed by atoms with Crippen LogP contribution >= 0.6 is 0 Å². The summed E-state index contributed by atoms with van der Waals surface area (Å²) < 4.78 is 18.6. The highest BCUT2D eigenvalue weighted by molar-refractivity contribution is 6.14. The van der Waals surface area contributed by atoms with E-state index in [2.05, 4.69) is 28.6 Å². The third kappa shape index (κ3) is 7.00. The van der Waals surface area contributed by atoms with Gasteiger partial charge in [0, 0.05) is 23.5 Å². The maximum absolute atomic E-state index is 13.7. The first-order valence-corrected chi connectivity index (χ1v) is 8.97. The summed E-state index contributed by atoms with van der Waals surface area (Å²) in [7, 11) is 2.85. The van der Waals surface area contributed by atoms with Crippen LogP contribution in [-0.2, 0) is 14.4 Å². The van der Waals surface area contributed by atoms with Gasteiger partial charge >= 0.3 is 0 Å². The zero-order valence-electron chi connectivity index (χ0n) is 17.7. The molecule has 0 aliphatic carbocycles. The van der Waals surface area contributed by atoms with Gasteiger partial charge in [-0.25, -0.2) is 9.37 Å². The Labute approximate surface area is 180 Å². The molecule has 9 heteroatoms. The molecule has 5 N–H and O–H groups in total. The molecule has 1 aromatic heterocycles. The van der Waals surface area contributed by atoms with E-state index < -0.39 is 11.7 Å². The Morgan fingerprint density at radius 2 is 1.97 bits per heavy atom. The molecule has 0 aliphatic heterocycles. The summed E-state index contributed by atoms with van der Waals surface area (Å²) in [4.78, 5) is 21.5. The molecular weight excluding hydrogens is 401 g/mol. The minimum atomic E-state index is -0.650. The van der Waals surface area contributed by atoms with E-state index in [4.69, 9.17) is 21.0 Å². The molecule has 0 saturated carbocycles. The first-order chi connectivity index (χ1) is 14.8. The van der Waals surface area contributed by atoms with Crippen LogP contribution in [0.2, 0.25) is 0 Å². The first-order valence-electron chi connectivity index (χ1n) is 8.97. The fourth-order valence-corrected chi connectivity index (χ4v) is 2.29. The quantitative estimate of drug-likeness (QED) is 0.173. The normalized spacial score (nSPS) is 13.8. The Balaban J connectivity index is 3.18. The van der Waals surface area contributed by atoms with Gasteiger partial charge in [0.2, 0.25) is 0 Å². The second kappa shape index (κ2) is 12.4. The molecule has 31 heavy (non-hydrogen) atoms. The van der Waals surface area contributed by atoms with Crippen molar-refractivity contribution in [2.45, 2.75) is 6.92 Å². The van der Waals surface area contributed by atoms with Gasteiger partial charge in [-0.1, -0.05) is 24.4 Å². The molecule has 8 nitrogen and oxygen atoms in total. The van der Waals surface area contributed by atoms with Crippen molar-refractivity contribution < 1.29 is 18.8 Å². The lowest BCUT2D eigenvalue weighted by Crippen LogP contribution is -2.18. The van der Waals surface area contributed by atoms with Crippen molar-refractivity contribution in [3.63, 3.8) is 0 Å². The van der Waals surface area contributed by atoms with E-state index >= 15 is 0 Å². The molecule has 1 heterocycles. The monoisotopic (exact) mass is 427 g/mol. The van der Waals surface area contributed by atoms with E-state index in [0.29, 0.717) is 16.8 Å². The van der Waals surface area contributed by atoms with Gasteiger partial charge in [0.1, 0.15) is 24.5 Å². The van der Waals surface area contributed by atoms with Crippen molar-refractivity contribution in [3.8, 4) is 0 Å². The highest BCUT2D eigenvalue weighted by Crippen LogP contribution is 2.18. The van der Waals surface area contributed by atoms with Crippen LogP contribution in [0.5, 0.6) is 0 Å². The van der Waals surface area contributed by atoms with Crippen molar-refractivity contribution in [3.05, 3.63) is 96.0 Å². The number of allylic oxidation sites excluding steroid dienone is 6. The first kappa shape index (κ1) is 24.9. The fourth-order valence-electron chi connectivity index (χ4n) is 2.29. The molecule has 0 aliphatic rings. The molecule has 164 valence electrons. The van der Waals surface area contributed by atoms with E-state index in [-0.39, 0.29) is 22.8 Å². The number of methoxy groups -OCH3 is 1. The lowest BCUT2D eigenvalue weighted by Gasteiger charge is -2.10. The maximum atomic E-state index is 13.7. The largest absolute Gasteiger partial charge is 0.483 e. The highest BCUT2D eigenvalue weighted by atomic mass is 19.1. The Hall–Kier alpha value is -4.14. The SMILES string of the molecule is C=CC(=C\C=C(/N)OC)/C(=N/OC)c1ccc(NC(=O)C(=C/N)/C(C)=C(/F)C=C)nc1. The zero-order valence-corrected chi connectivity index (χ0v) is 17.7. The van der Waals surface area contributed by atoms with Crippen molar-refractivity contribution >= 4 is 17.4 Å². The number of rotatable bonds is 10. The van der Waals surface area contributed by atoms with E-state index in [1.54, 1.807) is 30.4 Å². The number of carbonyl (C=O) groups is 1. The summed E-state index contributed by atoms with van der Waals surface area (Å²) in [6.45, 7) is 8.52. The summed E-state index contributed by atoms with van der Waals surface area (Å²) in [6, 6.07) is 3.22. The van der Waals surface area contributed by atoms with Gasteiger partial charge in [-0.2, -0.15) is 0 Å². The number of oxime groups is 1. The summed E-state index contributed by atoms with van der Waals surface area (Å²) in [6.07, 6.45) is 8.26. The third-order valence-electron chi connectivity index (χ3n) is 3.97. The lowest BCUT2D eigenvalue weighted by molar-refractivity contribution is -0.112. The van der Waals surface area contributed by atoms with Crippen LogP contribution < -0.4 is 16.8 Å². The predicted molar refractivity (Wildman–Crippen MR) is 120 cm³/mol. The van der Waals surface area contributed by atoms with Crippen LogP contribution in [0.4, 0.5) is 10.2 Å². The van der Waals surface area contributed by atoms with Crippen molar-refractivity contribution in [2.24, 2.45) is 16.6 Å². The average Bonchev–Trinajstić information content (AvgIpc) is 2.78. The number of aromatic nitrogens is 1. The molecule has 0 spiro atoms. The number of anilines is 1. The molecule has 1 aromatic rings. The van der Waals surface area contributed by atoms with Gasteiger partial charge in [0.25, 0.3) is 5.91 Å². The number of nitrogens with two attached hydrogens (primary N) is 2. The highest BCUT2D eigenvalue weighted by Gasteiger charge is 2.15. The van der Waals surface area contributed by atoms with Crippen molar-refractivity contribution in [1.29, 1.82) is 0 Å². The number of carbonyl (C=O) groups excluding carboxylic acids is 1. The van der Waals surface area contributed by atoms with Crippen molar-refractivity contribution in [1.82, 2.24) is 4.98 Å². The lowest BCUT2D eigenvalue weighted by atomic mass is 10.0. The molecule has 0 bridgehead atoms. The summed E-state index contributed by atoms with van der Waals surface area (Å²) in [5.41, 5.74) is 12.7. The number of hydrogen-bond donors (Lipinski definition) is 3. The smallest absolute Gasteiger partial charge is 0.258 e. The van der Waals surface area contributed by atoms with Crippen LogP contribution in [0.1, 0.15) is 12.5 Å².